The van der Waals surface area contributed by atoms with Crippen molar-refractivity contribution in [3.05, 3.63) is 35.5 Å². The Morgan fingerprint density at radius 3 is 0.500 bits per heavy atom. The summed E-state index contributed by atoms with van der Waals surface area (Å²) in [4.78, 5) is 31.0. The molecule has 0 rings (SSSR count). The Morgan fingerprint density at radius 2 is 0.417 bits per heavy atom. The van der Waals surface area contributed by atoms with Crippen LogP contribution in [-0.4, -0.2) is 116 Å². The average Bonchev–Trinajstić information content (AvgIpc) is 2.93. The third-order valence-electron chi connectivity index (χ3n) is 4.85. The van der Waals surface area contributed by atoms with Gasteiger partial charge in [0.25, 0.3) is 0 Å². The number of hydrogen-bond donors (Lipinski definition) is 3. The van der Waals surface area contributed by atoms with Crippen molar-refractivity contribution in [3.8, 4) is 0 Å². The first-order valence-electron chi connectivity index (χ1n) is 11.7. The smallest absolute Gasteiger partial charge is 0.460 e. The van der Waals surface area contributed by atoms with Gasteiger partial charge in [0.15, 0.2) is 0 Å². The summed E-state index contributed by atoms with van der Waals surface area (Å²) >= 11 is 0. The van der Waals surface area contributed by atoms with E-state index in [0.717, 1.165) is 0 Å². The number of aliphatic hydroxyl groups excluding tert-OH is 3. The van der Waals surface area contributed by atoms with Gasteiger partial charge in [0.2, 0.25) is 34.6 Å². The topological polar surface area (TPSA) is 175 Å². The zero-order valence-electron chi connectivity index (χ0n) is 26.0. The van der Waals surface area contributed by atoms with Gasteiger partial charge in [-0.15, -0.1) is 0 Å². The summed E-state index contributed by atoms with van der Waals surface area (Å²) in [7, 11) is 0. The Morgan fingerprint density at radius 1 is 0.300 bits per heavy atom. The van der Waals surface area contributed by atoms with E-state index >= 15 is 0 Å². The van der Waals surface area contributed by atoms with E-state index in [-0.39, 0.29) is 60.3 Å². The van der Waals surface area contributed by atoms with Crippen LogP contribution in [-0.2, 0) is 14.4 Å². The van der Waals surface area contributed by atoms with E-state index in [9.17, 15) is 146 Å². The molecule has 0 spiro atoms. The van der Waals surface area contributed by atoms with Gasteiger partial charge in [-0.2, -0.15) is 132 Å². The molecule has 0 bridgehead atoms. The summed E-state index contributed by atoms with van der Waals surface area (Å²) in [6.45, 7) is 0. The summed E-state index contributed by atoms with van der Waals surface area (Å²) in [6, 6.07) is 0. The third kappa shape index (κ3) is 16.4. The molecule has 0 aromatic carbocycles. The van der Waals surface area contributed by atoms with Crippen LogP contribution in [0.2, 0.25) is 0 Å². The normalized spacial score (nSPS) is 14.8. The largest absolute Gasteiger partial charge is 0.504 e. The number of allylic oxidation sites excluding steroid dienone is 6. The molecule has 60 heavy (non-hydrogen) atoms. The maximum Gasteiger partial charge on any atom is 0.460 e. The van der Waals surface area contributed by atoms with Crippen LogP contribution in [0.25, 0.3) is 0 Å². The van der Waals surface area contributed by atoms with Gasteiger partial charge in [-0.3, -0.25) is 14.4 Å². The number of aliphatic hydroxyl groups is 3. The average molecular weight is 1110 g/mol. The van der Waals surface area contributed by atoms with Crippen molar-refractivity contribution in [1.82, 2.24) is 0 Å². The Labute approximate surface area is 346 Å². The molecular weight excluding hydrogens is 1100 g/mol. The summed E-state index contributed by atoms with van der Waals surface area (Å²) in [5, 5.41) is 24.1. The van der Waals surface area contributed by atoms with E-state index < -0.39 is 125 Å². The van der Waals surface area contributed by atoms with Crippen molar-refractivity contribution in [1.29, 1.82) is 0 Å². The Kier molecular flexibility index (Phi) is 24.0. The number of alkyl halides is 30. The predicted octanol–water partition coefficient (Wildman–Crippen LogP) is 8.53. The van der Waals surface area contributed by atoms with E-state index in [1.807, 2.05) is 0 Å². The number of carbonyl (C=O) groups excluding carboxylic acids is 3. The molecular formula is C21H10EuF30O8. The van der Waals surface area contributed by atoms with Gasteiger partial charge in [0.1, 0.15) is 0 Å². The van der Waals surface area contributed by atoms with E-state index in [1.165, 1.54) is 0 Å². The molecule has 39 heteroatoms. The summed E-state index contributed by atoms with van der Waals surface area (Å²) in [6.07, 6.45) is -42.2. The molecule has 0 fully saturated rings. The van der Waals surface area contributed by atoms with Crippen molar-refractivity contribution < 1.29 is 222 Å². The minimum atomic E-state index is -6.89. The minimum absolute atomic E-state index is 0. The monoisotopic (exact) mass is 1110 g/mol. The van der Waals surface area contributed by atoms with Crippen LogP contribution in [0.15, 0.2) is 35.5 Å². The Bertz CT molecular complexity index is 1360. The predicted molar refractivity (Wildman–Crippen MR) is 120 cm³/mol. The van der Waals surface area contributed by atoms with Gasteiger partial charge >= 0.3 is 72.6 Å². The molecule has 0 atom stereocenters. The summed E-state index contributed by atoms with van der Waals surface area (Å²) in [5.74, 6) is -59.9. The number of rotatable bonds is 9. The number of hydrogen-bond acceptors (Lipinski definition) is 6. The van der Waals surface area contributed by atoms with Crippen LogP contribution < -0.4 is 0 Å². The first-order valence-corrected chi connectivity index (χ1v) is 11.7. The SMILES string of the molecule is O.O.O=C(/C=C(\O)C(F)(F)F)C(F)(F)C(F)(F)C(F)(F)F.O=C(/C=C(\O)C(F)(F)F)C(F)(F)C(F)(F)C(F)(F)F.O=C(/C=C(\O)C(F)(F)F)C(F)(F)C(F)(F)C(F)(F)F.[Eu]. The van der Waals surface area contributed by atoms with Crippen LogP contribution in [0.1, 0.15) is 0 Å². The number of carbonyl (C=O) groups is 3. The Hall–Kier alpha value is -2.97. The molecule has 1 radical (unpaired) electrons. The minimum Gasteiger partial charge on any atom is -0.504 e. The first kappa shape index (κ1) is 68.8. The quantitative estimate of drug-likeness (QED) is 0.119. The second-order valence-electron chi connectivity index (χ2n) is 9.11. The van der Waals surface area contributed by atoms with Gasteiger partial charge in [0, 0.05) is 67.6 Å². The molecule has 0 aliphatic rings. The summed E-state index contributed by atoms with van der Waals surface area (Å²) in [5.41, 5.74) is 0. The fourth-order valence-electron chi connectivity index (χ4n) is 1.89. The molecule has 0 aliphatic carbocycles. The number of ketones is 3. The fraction of sp³-hybridized carbons (Fsp3) is 0.571. The van der Waals surface area contributed by atoms with Crippen molar-refractivity contribution >= 4 is 17.3 Å². The summed E-state index contributed by atoms with van der Waals surface area (Å²) < 4.78 is 357. The zero-order valence-corrected chi connectivity index (χ0v) is 28.4. The molecule has 0 heterocycles. The van der Waals surface area contributed by atoms with Crippen LogP contribution >= 0.6 is 0 Å². The van der Waals surface area contributed by atoms with Gasteiger partial charge in [-0.05, 0) is 0 Å². The van der Waals surface area contributed by atoms with E-state index in [1.54, 1.807) is 0 Å². The maximum atomic E-state index is 12.5. The van der Waals surface area contributed by atoms with Crippen molar-refractivity contribution in [2.24, 2.45) is 0 Å². The van der Waals surface area contributed by atoms with Crippen LogP contribution in [0.3, 0.4) is 0 Å². The number of halogens is 30. The van der Waals surface area contributed by atoms with Crippen molar-refractivity contribution in [3.63, 3.8) is 0 Å². The van der Waals surface area contributed by atoms with E-state index in [0.29, 0.717) is 0 Å². The van der Waals surface area contributed by atoms with Crippen molar-refractivity contribution in [2.75, 3.05) is 0 Å². The zero-order chi connectivity index (χ0) is 47.6. The van der Waals surface area contributed by atoms with Gasteiger partial charge < -0.3 is 26.3 Å². The van der Waals surface area contributed by atoms with Gasteiger partial charge in [0.05, 0.1) is 0 Å². The molecule has 8 nitrogen and oxygen atoms in total. The molecule has 0 unspecified atom stereocenters. The first-order chi connectivity index (χ1) is 24.1. The van der Waals surface area contributed by atoms with E-state index in [4.69, 9.17) is 15.3 Å². The fourth-order valence-corrected chi connectivity index (χ4v) is 1.89. The maximum absolute atomic E-state index is 12.5. The van der Waals surface area contributed by atoms with Crippen molar-refractivity contribution in [2.45, 2.75) is 72.6 Å². The molecule has 0 aromatic rings. The van der Waals surface area contributed by atoms with Crippen LogP contribution in [0, 0.1) is 49.4 Å². The van der Waals surface area contributed by atoms with Gasteiger partial charge in [-0.25, -0.2) is 0 Å². The Balaban J connectivity index is -0.000000178. The van der Waals surface area contributed by atoms with Crippen LogP contribution in [0.5, 0.6) is 0 Å². The molecule has 0 amide bonds. The second-order valence-corrected chi connectivity index (χ2v) is 9.11. The molecule has 0 saturated carbocycles. The molecule has 7 N–H and O–H groups in total. The van der Waals surface area contributed by atoms with E-state index in [2.05, 4.69) is 0 Å². The van der Waals surface area contributed by atoms with Gasteiger partial charge in [-0.1, -0.05) is 0 Å². The van der Waals surface area contributed by atoms with Crippen LogP contribution in [0.4, 0.5) is 132 Å². The molecule has 0 saturated heterocycles. The second kappa shape index (κ2) is 20.9. The molecule has 359 valence electrons. The molecule has 0 aliphatic heterocycles. The standard InChI is InChI=1S/3C7H2F10O2.Eu.2H2O/c3*8-4(9,6(13,14)7(15,16)17)2(18)1-3(19)5(10,11)12;;;/h3*1,19H;;2*1H2/b3*3-1-;;;. The molecule has 0 aromatic heterocycles. The third-order valence-corrected chi connectivity index (χ3v) is 4.85.